The first kappa shape index (κ1) is 15.1. The van der Waals surface area contributed by atoms with Crippen molar-refractivity contribution in [2.24, 2.45) is 0 Å². The summed E-state index contributed by atoms with van der Waals surface area (Å²) >= 11 is 1.57. The van der Waals surface area contributed by atoms with E-state index in [0.29, 0.717) is 11.5 Å². The first-order valence-corrected chi connectivity index (χ1v) is 8.89. The fourth-order valence-corrected chi connectivity index (χ4v) is 3.81. The summed E-state index contributed by atoms with van der Waals surface area (Å²) in [6.45, 7) is 3.49. The zero-order valence-corrected chi connectivity index (χ0v) is 14.2. The Bertz CT molecular complexity index is 837. The van der Waals surface area contributed by atoms with Crippen molar-refractivity contribution < 1.29 is 9.32 Å². The van der Waals surface area contributed by atoms with Crippen molar-refractivity contribution in [1.82, 2.24) is 19.8 Å². The molecule has 3 aromatic rings. The van der Waals surface area contributed by atoms with E-state index < -0.39 is 0 Å². The largest absolute Gasteiger partial charge is 0.355 e. The van der Waals surface area contributed by atoms with E-state index in [0.717, 1.165) is 36.4 Å². The molecule has 0 bridgehead atoms. The summed E-state index contributed by atoms with van der Waals surface area (Å²) in [6, 6.07) is 5.80. The van der Waals surface area contributed by atoms with Gasteiger partial charge in [0.1, 0.15) is 0 Å². The van der Waals surface area contributed by atoms with E-state index in [1.165, 1.54) is 0 Å². The average Bonchev–Trinajstić information content (AvgIpc) is 3.35. The highest BCUT2D eigenvalue weighted by atomic mass is 32.1. The molecule has 0 saturated carbocycles. The minimum Gasteiger partial charge on any atom is -0.355 e. The van der Waals surface area contributed by atoms with E-state index in [-0.39, 0.29) is 11.9 Å². The molecule has 1 fully saturated rings. The minimum atomic E-state index is -0.0621. The number of nitrogens with zero attached hydrogens (tertiary/aromatic N) is 4. The van der Waals surface area contributed by atoms with Crippen LogP contribution in [-0.4, -0.2) is 38.3 Å². The highest BCUT2D eigenvalue weighted by molar-refractivity contribution is 7.13. The van der Waals surface area contributed by atoms with Crippen molar-refractivity contribution in [2.45, 2.75) is 32.4 Å². The van der Waals surface area contributed by atoms with Crippen molar-refractivity contribution in [3.8, 4) is 10.6 Å². The van der Waals surface area contributed by atoms with Gasteiger partial charge in [0.25, 0.3) is 5.91 Å². The third kappa shape index (κ3) is 2.87. The van der Waals surface area contributed by atoms with Crippen LogP contribution in [0, 0.1) is 6.92 Å². The van der Waals surface area contributed by atoms with Crippen LogP contribution in [-0.2, 0) is 6.54 Å². The van der Waals surface area contributed by atoms with Crippen LogP contribution < -0.4 is 0 Å². The summed E-state index contributed by atoms with van der Waals surface area (Å²) in [4.78, 5) is 15.7. The predicted octanol–water partition coefficient (Wildman–Crippen LogP) is 3.21. The van der Waals surface area contributed by atoms with Crippen LogP contribution >= 0.6 is 11.3 Å². The van der Waals surface area contributed by atoms with Gasteiger partial charge in [0.15, 0.2) is 11.5 Å². The number of carbonyl (C=O) groups is 1. The molecule has 1 atom stereocenters. The van der Waals surface area contributed by atoms with Gasteiger partial charge in [-0.1, -0.05) is 11.2 Å². The molecule has 0 aliphatic carbocycles. The van der Waals surface area contributed by atoms with Crippen molar-refractivity contribution in [2.75, 3.05) is 6.54 Å². The third-order valence-electron chi connectivity index (χ3n) is 4.29. The van der Waals surface area contributed by atoms with E-state index >= 15 is 0 Å². The Morgan fingerprint density at radius 2 is 2.42 bits per heavy atom. The van der Waals surface area contributed by atoms with Gasteiger partial charge in [-0.2, -0.15) is 5.10 Å². The molecule has 24 heavy (non-hydrogen) atoms. The van der Waals surface area contributed by atoms with Gasteiger partial charge in [-0.05, 0) is 36.8 Å². The highest BCUT2D eigenvalue weighted by Gasteiger charge is 2.31. The molecule has 4 heterocycles. The first-order chi connectivity index (χ1) is 11.7. The molecule has 1 amide bonds. The van der Waals surface area contributed by atoms with Gasteiger partial charge in [0, 0.05) is 18.8 Å². The first-order valence-electron chi connectivity index (χ1n) is 8.01. The van der Waals surface area contributed by atoms with Gasteiger partial charge in [0.05, 0.1) is 23.7 Å². The molecule has 124 valence electrons. The number of amides is 1. The lowest BCUT2D eigenvalue weighted by Crippen LogP contribution is -2.38. The fraction of sp³-hybridized carbons (Fsp3) is 0.353. The molecule has 4 rings (SSSR count). The molecule has 3 aromatic heterocycles. The van der Waals surface area contributed by atoms with Crippen molar-refractivity contribution in [3.63, 3.8) is 0 Å². The molecule has 0 N–H and O–H groups in total. The van der Waals surface area contributed by atoms with Crippen molar-refractivity contribution >= 4 is 17.2 Å². The van der Waals surface area contributed by atoms with E-state index in [2.05, 4.69) is 10.3 Å². The second kappa shape index (κ2) is 6.24. The molecule has 7 heteroatoms. The lowest BCUT2D eigenvalue weighted by molar-refractivity contribution is 0.0711. The Kier molecular flexibility index (Phi) is 3.93. The Balaban J connectivity index is 1.50. The Morgan fingerprint density at radius 3 is 3.17 bits per heavy atom. The van der Waals surface area contributed by atoms with E-state index in [1.54, 1.807) is 17.4 Å². The highest BCUT2D eigenvalue weighted by Crippen LogP contribution is 2.27. The molecule has 1 saturated heterocycles. The van der Waals surface area contributed by atoms with E-state index in [1.807, 2.05) is 46.4 Å². The van der Waals surface area contributed by atoms with Gasteiger partial charge in [0.2, 0.25) is 0 Å². The number of aryl methyl sites for hydroxylation is 1. The molecule has 1 aliphatic heterocycles. The van der Waals surface area contributed by atoms with Crippen LogP contribution in [0.1, 0.15) is 28.9 Å². The normalized spacial score (nSPS) is 17.5. The fourth-order valence-electron chi connectivity index (χ4n) is 3.13. The molecule has 0 aromatic carbocycles. The molecular formula is C17H18N4O2S. The van der Waals surface area contributed by atoms with Crippen LogP contribution in [0.25, 0.3) is 10.6 Å². The smallest absolute Gasteiger partial charge is 0.276 e. The van der Waals surface area contributed by atoms with Crippen LogP contribution in [0.5, 0.6) is 0 Å². The summed E-state index contributed by atoms with van der Waals surface area (Å²) in [5, 5.41) is 10.3. The topological polar surface area (TPSA) is 64.2 Å². The Morgan fingerprint density at radius 1 is 1.50 bits per heavy atom. The van der Waals surface area contributed by atoms with Crippen molar-refractivity contribution in [3.05, 3.63) is 47.2 Å². The SMILES string of the molecule is Cc1cnn(C[C@@H]2CCCN2C(=O)c2cc(-c3cccs3)on2)c1. The van der Waals surface area contributed by atoms with Gasteiger partial charge in [-0.25, -0.2) is 0 Å². The number of carbonyl (C=O) groups excluding carboxylic acids is 1. The lowest BCUT2D eigenvalue weighted by atomic mass is 10.2. The maximum absolute atomic E-state index is 12.8. The molecule has 0 unspecified atom stereocenters. The summed E-state index contributed by atoms with van der Waals surface area (Å²) in [7, 11) is 0. The van der Waals surface area contributed by atoms with Crippen LogP contribution in [0.15, 0.2) is 40.5 Å². The maximum Gasteiger partial charge on any atom is 0.276 e. The number of thiophene rings is 1. The summed E-state index contributed by atoms with van der Waals surface area (Å²) in [6.07, 6.45) is 5.84. The van der Waals surface area contributed by atoms with Crippen LogP contribution in [0.4, 0.5) is 0 Å². The second-order valence-electron chi connectivity index (χ2n) is 6.09. The van der Waals surface area contributed by atoms with Gasteiger partial charge < -0.3 is 9.42 Å². The molecule has 0 radical (unpaired) electrons. The average molecular weight is 342 g/mol. The van der Waals surface area contributed by atoms with Gasteiger partial charge >= 0.3 is 0 Å². The third-order valence-corrected chi connectivity index (χ3v) is 5.18. The van der Waals surface area contributed by atoms with E-state index in [9.17, 15) is 4.79 Å². The summed E-state index contributed by atoms with van der Waals surface area (Å²) < 4.78 is 7.25. The quantitative estimate of drug-likeness (QED) is 0.730. The zero-order chi connectivity index (χ0) is 16.5. The summed E-state index contributed by atoms with van der Waals surface area (Å²) in [5.41, 5.74) is 1.50. The molecule has 1 aliphatic rings. The van der Waals surface area contributed by atoms with Crippen LogP contribution in [0.2, 0.25) is 0 Å². The molecular weight excluding hydrogens is 324 g/mol. The molecule has 0 spiro atoms. The predicted molar refractivity (Wildman–Crippen MR) is 90.8 cm³/mol. The zero-order valence-electron chi connectivity index (χ0n) is 13.4. The second-order valence-corrected chi connectivity index (χ2v) is 7.04. The minimum absolute atomic E-state index is 0.0621. The standard InChI is InChI=1S/C17H18N4O2S/c1-12-9-18-20(10-12)11-13-4-2-6-21(13)17(22)14-8-15(23-19-14)16-5-3-7-24-16/h3,5,7-10,13H,2,4,6,11H2,1H3/t13-/m0/s1. The lowest BCUT2D eigenvalue weighted by Gasteiger charge is -2.23. The Labute approximate surface area is 143 Å². The number of hydrogen-bond acceptors (Lipinski definition) is 5. The monoisotopic (exact) mass is 342 g/mol. The van der Waals surface area contributed by atoms with E-state index in [4.69, 9.17) is 4.52 Å². The van der Waals surface area contributed by atoms with Gasteiger partial charge in [-0.3, -0.25) is 9.48 Å². The van der Waals surface area contributed by atoms with Gasteiger partial charge in [-0.15, -0.1) is 11.3 Å². The number of hydrogen-bond donors (Lipinski definition) is 0. The van der Waals surface area contributed by atoms with Crippen molar-refractivity contribution in [1.29, 1.82) is 0 Å². The Hall–Kier alpha value is -2.41. The number of likely N-dealkylation sites (tertiary alicyclic amines) is 1. The number of rotatable bonds is 4. The maximum atomic E-state index is 12.8. The summed E-state index contributed by atoms with van der Waals surface area (Å²) in [5.74, 6) is 0.583. The molecule has 6 nitrogen and oxygen atoms in total. The number of aromatic nitrogens is 3. The van der Waals surface area contributed by atoms with Crippen LogP contribution in [0.3, 0.4) is 0 Å².